The van der Waals surface area contributed by atoms with Crippen LogP contribution in [-0.4, -0.2) is 4.32 Å². The molecule has 0 atom stereocenters. The van der Waals surface area contributed by atoms with E-state index in [-0.39, 0.29) is 0 Å². The van der Waals surface area contributed by atoms with Gasteiger partial charge in [0.15, 0.2) is 4.32 Å². The zero-order valence-electron chi connectivity index (χ0n) is 10.4. The molecule has 0 radical (unpaired) electrons. The molecule has 5 heteroatoms. The van der Waals surface area contributed by atoms with Gasteiger partial charge in [0.2, 0.25) is 0 Å². The molecule has 2 rings (SSSR count). The molecule has 3 nitrogen and oxygen atoms in total. The Balaban J connectivity index is 1.85. The highest BCUT2D eigenvalue weighted by atomic mass is 32.2. The van der Waals surface area contributed by atoms with E-state index < -0.39 is 0 Å². The van der Waals surface area contributed by atoms with Crippen molar-refractivity contribution >= 4 is 39.9 Å². The third-order valence-electron chi connectivity index (χ3n) is 2.33. The van der Waals surface area contributed by atoms with Gasteiger partial charge >= 0.3 is 0 Å². The van der Waals surface area contributed by atoms with Crippen molar-refractivity contribution in [2.24, 2.45) is 9.63 Å². The van der Waals surface area contributed by atoms with E-state index in [1.165, 1.54) is 5.56 Å². The van der Waals surface area contributed by atoms with Crippen molar-refractivity contribution in [2.75, 3.05) is 5.32 Å². The molecule has 0 saturated carbocycles. The highest BCUT2D eigenvalue weighted by Gasteiger charge is 1.97. The number of aryl methyl sites for hydroxylation is 1. The van der Waals surface area contributed by atoms with Gasteiger partial charge in [0, 0.05) is 5.69 Å². The maximum absolute atomic E-state index is 5.17. The summed E-state index contributed by atoms with van der Waals surface area (Å²) in [6.07, 6.45) is 0. The van der Waals surface area contributed by atoms with Crippen LogP contribution < -0.4 is 5.32 Å². The Bertz CT molecular complexity index is 565. The second-order valence-electron chi connectivity index (χ2n) is 3.89. The number of thiocarbonyl (C=S) groups is 1. The molecule has 96 valence electrons. The second-order valence-corrected chi connectivity index (χ2v) is 5.31. The van der Waals surface area contributed by atoms with Gasteiger partial charge < -0.3 is 5.32 Å². The van der Waals surface area contributed by atoms with Crippen molar-refractivity contribution in [3.8, 4) is 0 Å². The third-order valence-corrected chi connectivity index (χ3v) is 3.09. The number of rotatable bonds is 3. The predicted octanol–water partition coefficient (Wildman–Crippen LogP) is 5.12. The molecular weight excluding hydrogens is 274 g/mol. The first-order valence-electron chi connectivity index (χ1n) is 5.75. The average molecular weight is 287 g/mol. The van der Waals surface area contributed by atoms with Gasteiger partial charge in [-0.1, -0.05) is 48.1 Å². The van der Waals surface area contributed by atoms with Crippen LogP contribution in [0.3, 0.4) is 0 Å². The lowest BCUT2D eigenvalue weighted by molar-refractivity contribution is 1.33. The Morgan fingerprint density at radius 2 is 1.74 bits per heavy atom. The molecule has 0 saturated heterocycles. The maximum atomic E-state index is 5.17. The molecule has 0 aliphatic rings. The molecule has 0 heterocycles. The van der Waals surface area contributed by atoms with Gasteiger partial charge in [-0.15, -0.1) is 9.63 Å². The van der Waals surface area contributed by atoms with Crippen LogP contribution in [-0.2, 0) is 0 Å². The summed E-state index contributed by atoms with van der Waals surface area (Å²) < 4.78 is 4.58. The third kappa shape index (κ3) is 4.81. The summed E-state index contributed by atoms with van der Waals surface area (Å²) in [5.74, 6) is 0. The summed E-state index contributed by atoms with van der Waals surface area (Å²) in [6, 6.07) is 17.6. The second kappa shape index (κ2) is 7.01. The fraction of sp³-hybridized carbons (Fsp3) is 0.0714. The largest absolute Gasteiger partial charge is 0.340 e. The summed E-state index contributed by atoms with van der Waals surface area (Å²) in [7, 11) is 0. The van der Waals surface area contributed by atoms with Crippen molar-refractivity contribution in [2.45, 2.75) is 6.92 Å². The van der Waals surface area contributed by atoms with E-state index in [1.807, 2.05) is 61.5 Å². The fourth-order valence-electron chi connectivity index (χ4n) is 1.38. The van der Waals surface area contributed by atoms with E-state index in [1.54, 1.807) is 0 Å². The molecule has 0 aliphatic carbocycles. The van der Waals surface area contributed by atoms with Gasteiger partial charge in [0.25, 0.3) is 0 Å². The highest BCUT2D eigenvalue weighted by molar-refractivity contribution is 8.22. The molecule has 0 aromatic heterocycles. The average Bonchev–Trinajstić information content (AvgIpc) is 2.42. The first-order valence-corrected chi connectivity index (χ1v) is 6.93. The first kappa shape index (κ1) is 13.7. The van der Waals surface area contributed by atoms with Crippen LogP contribution >= 0.6 is 24.2 Å². The molecule has 1 N–H and O–H groups in total. The summed E-state index contributed by atoms with van der Waals surface area (Å²) in [5, 5.41) is 7.17. The SMILES string of the molecule is Cc1ccc(N=NSC(=S)Nc2ccccc2)cc1. The lowest BCUT2D eigenvalue weighted by Crippen LogP contribution is -2.02. The Hall–Kier alpha value is -1.72. The van der Waals surface area contributed by atoms with Crippen LogP contribution in [0.4, 0.5) is 11.4 Å². The Kier molecular flexibility index (Phi) is 5.06. The molecule has 2 aromatic carbocycles. The van der Waals surface area contributed by atoms with Gasteiger partial charge in [-0.2, -0.15) is 0 Å². The maximum Gasteiger partial charge on any atom is 0.162 e. The number of nitrogens with one attached hydrogen (secondary N) is 1. The number of anilines is 1. The summed E-state index contributed by atoms with van der Waals surface area (Å²) in [4.78, 5) is 0. The van der Waals surface area contributed by atoms with E-state index in [4.69, 9.17) is 12.2 Å². The van der Waals surface area contributed by atoms with Crippen molar-refractivity contribution in [1.82, 2.24) is 0 Å². The molecule has 0 bridgehead atoms. The Labute approximate surface area is 122 Å². The Morgan fingerprint density at radius 1 is 1.05 bits per heavy atom. The van der Waals surface area contributed by atoms with E-state index in [2.05, 4.69) is 15.0 Å². The first-order chi connectivity index (χ1) is 9.24. The van der Waals surface area contributed by atoms with Crippen molar-refractivity contribution in [3.05, 3.63) is 60.2 Å². The molecule has 19 heavy (non-hydrogen) atoms. The van der Waals surface area contributed by atoms with E-state index in [0.717, 1.165) is 23.3 Å². The number of para-hydroxylation sites is 1. The van der Waals surface area contributed by atoms with Gasteiger partial charge in [-0.3, -0.25) is 0 Å². The normalized spacial score (nSPS) is 10.6. The van der Waals surface area contributed by atoms with Crippen LogP contribution in [0.5, 0.6) is 0 Å². The van der Waals surface area contributed by atoms with E-state index in [9.17, 15) is 0 Å². The zero-order chi connectivity index (χ0) is 13.5. The predicted molar refractivity (Wildman–Crippen MR) is 85.9 cm³/mol. The summed E-state index contributed by atoms with van der Waals surface area (Å²) in [6.45, 7) is 2.04. The van der Waals surface area contributed by atoms with Crippen LogP contribution in [0, 0.1) is 6.92 Å². The van der Waals surface area contributed by atoms with Gasteiger partial charge in [-0.25, -0.2) is 0 Å². The zero-order valence-corrected chi connectivity index (χ0v) is 12.0. The topological polar surface area (TPSA) is 36.8 Å². The smallest absolute Gasteiger partial charge is 0.162 e. The van der Waals surface area contributed by atoms with Crippen LogP contribution in [0.1, 0.15) is 5.56 Å². The summed E-state index contributed by atoms with van der Waals surface area (Å²) in [5.41, 5.74) is 2.97. The number of hydrogen-bond acceptors (Lipinski definition) is 4. The molecule has 0 aliphatic heterocycles. The minimum absolute atomic E-state index is 0.571. The van der Waals surface area contributed by atoms with Crippen molar-refractivity contribution in [1.29, 1.82) is 0 Å². The van der Waals surface area contributed by atoms with Gasteiger partial charge in [0.05, 0.1) is 17.6 Å². The van der Waals surface area contributed by atoms with Gasteiger partial charge in [0.1, 0.15) is 0 Å². The minimum atomic E-state index is 0.571. The van der Waals surface area contributed by atoms with Crippen LogP contribution in [0.2, 0.25) is 0 Å². The molecule has 0 spiro atoms. The van der Waals surface area contributed by atoms with E-state index in [0.29, 0.717) is 4.32 Å². The number of hydrogen-bond donors (Lipinski definition) is 1. The molecule has 0 unspecified atom stereocenters. The highest BCUT2D eigenvalue weighted by Crippen LogP contribution is 2.17. The van der Waals surface area contributed by atoms with Crippen molar-refractivity contribution < 1.29 is 0 Å². The van der Waals surface area contributed by atoms with E-state index >= 15 is 0 Å². The number of nitrogens with zero attached hydrogens (tertiary/aromatic N) is 2. The monoisotopic (exact) mass is 287 g/mol. The Morgan fingerprint density at radius 3 is 2.42 bits per heavy atom. The quantitative estimate of drug-likeness (QED) is 0.483. The fourth-order valence-corrected chi connectivity index (χ4v) is 1.97. The lowest BCUT2D eigenvalue weighted by Gasteiger charge is -2.03. The minimum Gasteiger partial charge on any atom is -0.340 e. The van der Waals surface area contributed by atoms with Gasteiger partial charge in [-0.05, 0) is 31.2 Å². The van der Waals surface area contributed by atoms with Crippen LogP contribution in [0.15, 0.2) is 64.2 Å². The standard InChI is InChI=1S/C14H13N3S2/c1-11-7-9-13(10-8-11)16-17-19-14(18)15-12-5-3-2-4-6-12/h2-10H,1H3,(H,15,18). The van der Waals surface area contributed by atoms with Crippen molar-refractivity contribution in [3.63, 3.8) is 0 Å². The van der Waals surface area contributed by atoms with Crippen LogP contribution in [0.25, 0.3) is 0 Å². The molecular formula is C14H13N3S2. The molecule has 0 fully saturated rings. The number of benzene rings is 2. The molecule has 0 amide bonds. The lowest BCUT2D eigenvalue weighted by atomic mass is 10.2. The summed E-state index contributed by atoms with van der Waals surface area (Å²) >= 11 is 6.32. The molecule has 2 aromatic rings.